The molecule has 0 spiro atoms. The highest BCUT2D eigenvalue weighted by molar-refractivity contribution is 7.92. The van der Waals surface area contributed by atoms with Crippen LogP contribution in [-0.4, -0.2) is 27.4 Å². The second kappa shape index (κ2) is 10.3. The first-order valence-corrected chi connectivity index (χ1v) is 12.0. The smallest absolute Gasteiger partial charge is 0.264 e. The minimum absolute atomic E-state index is 0.0798. The van der Waals surface area contributed by atoms with Crippen molar-refractivity contribution in [3.8, 4) is 0 Å². The molecule has 0 bridgehead atoms. The molecule has 0 saturated heterocycles. The predicted molar refractivity (Wildman–Crippen MR) is 122 cm³/mol. The van der Waals surface area contributed by atoms with Crippen LogP contribution in [0.25, 0.3) is 0 Å². The highest BCUT2D eigenvalue weighted by Crippen LogP contribution is 2.32. The van der Waals surface area contributed by atoms with Crippen LogP contribution in [0.1, 0.15) is 32.1 Å². The summed E-state index contributed by atoms with van der Waals surface area (Å²) in [5.74, 6) is -0.392. The molecule has 1 amide bonds. The van der Waals surface area contributed by atoms with E-state index in [1.807, 2.05) is 0 Å². The van der Waals surface area contributed by atoms with Crippen LogP contribution in [0, 0.1) is 0 Å². The minimum Gasteiger partial charge on any atom is -0.354 e. The molecule has 1 aliphatic rings. The van der Waals surface area contributed by atoms with Gasteiger partial charge in [0.2, 0.25) is 5.91 Å². The summed E-state index contributed by atoms with van der Waals surface area (Å²) in [6.07, 6.45) is 7.54. The molecule has 0 unspecified atom stereocenters. The van der Waals surface area contributed by atoms with Crippen molar-refractivity contribution >= 4 is 44.8 Å². The summed E-state index contributed by atoms with van der Waals surface area (Å²) in [5.41, 5.74) is 1.55. The lowest BCUT2D eigenvalue weighted by molar-refractivity contribution is -0.119. The minimum atomic E-state index is -4.00. The quantitative estimate of drug-likeness (QED) is 0.543. The molecule has 160 valence electrons. The zero-order valence-corrected chi connectivity index (χ0v) is 18.8. The SMILES string of the molecule is O=C(CN(c1ccc(Cl)cc1Cl)S(=O)(=O)c1ccccc1)NCCC1=CCCCC1. The average molecular weight is 467 g/mol. The number of benzene rings is 2. The molecule has 0 fully saturated rings. The summed E-state index contributed by atoms with van der Waals surface area (Å²) >= 11 is 12.2. The number of hydrogen-bond acceptors (Lipinski definition) is 3. The Morgan fingerprint density at radius 3 is 2.50 bits per heavy atom. The lowest BCUT2D eigenvalue weighted by atomic mass is 9.97. The van der Waals surface area contributed by atoms with Crippen LogP contribution >= 0.6 is 23.2 Å². The topological polar surface area (TPSA) is 66.5 Å². The molecule has 8 heteroatoms. The average Bonchev–Trinajstić information content (AvgIpc) is 2.74. The lowest BCUT2D eigenvalue weighted by Crippen LogP contribution is -2.41. The molecule has 2 aromatic rings. The van der Waals surface area contributed by atoms with Crippen molar-refractivity contribution in [3.05, 3.63) is 70.2 Å². The van der Waals surface area contributed by atoms with E-state index in [2.05, 4.69) is 11.4 Å². The van der Waals surface area contributed by atoms with Gasteiger partial charge in [-0.05, 0) is 62.4 Å². The zero-order valence-electron chi connectivity index (χ0n) is 16.5. The molecule has 3 rings (SSSR count). The Morgan fingerprint density at radius 1 is 1.07 bits per heavy atom. The van der Waals surface area contributed by atoms with Crippen molar-refractivity contribution < 1.29 is 13.2 Å². The highest BCUT2D eigenvalue weighted by atomic mass is 35.5. The fraction of sp³-hybridized carbons (Fsp3) is 0.318. The number of rotatable bonds is 8. The van der Waals surface area contributed by atoms with Crippen molar-refractivity contribution in [2.75, 3.05) is 17.4 Å². The number of amides is 1. The molecule has 1 N–H and O–H groups in total. The zero-order chi connectivity index (χ0) is 21.6. The number of nitrogens with one attached hydrogen (secondary N) is 1. The number of nitrogens with zero attached hydrogens (tertiary/aromatic N) is 1. The van der Waals surface area contributed by atoms with E-state index < -0.39 is 15.9 Å². The summed E-state index contributed by atoms with van der Waals surface area (Å²) in [6, 6.07) is 12.5. The number of allylic oxidation sites excluding steroid dienone is 1. The number of sulfonamides is 1. The third kappa shape index (κ3) is 5.78. The molecule has 0 aromatic heterocycles. The number of hydrogen-bond donors (Lipinski definition) is 1. The summed E-state index contributed by atoms with van der Waals surface area (Å²) < 4.78 is 27.6. The maximum absolute atomic E-state index is 13.3. The fourth-order valence-electron chi connectivity index (χ4n) is 3.38. The van der Waals surface area contributed by atoms with Crippen molar-refractivity contribution in [2.45, 2.75) is 37.0 Å². The predicted octanol–water partition coefficient (Wildman–Crippen LogP) is 5.20. The van der Waals surface area contributed by atoms with Gasteiger partial charge in [0.25, 0.3) is 10.0 Å². The van der Waals surface area contributed by atoms with E-state index in [-0.39, 0.29) is 22.2 Å². The van der Waals surface area contributed by atoms with Gasteiger partial charge in [0.15, 0.2) is 0 Å². The molecule has 30 heavy (non-hydrogen) atoms. The molecule has 1 aliphatic carbocycles. The molecule has 0 radical (unpaired) electrons. The van der Waals surface area contributed by atoms with E-state index in [1.54, 1.807) is 24.3 Å². The van der Waals surface area contributed by atoms with Crippen molar-refractivity contribution in [1.29, 1.82) is 0 Å². The molecular weight excluding hydrogens is 443 g/mol. The van der Waals surface area contributed by atoms with Crippen molar-refractivity contribution in [1.82, 2.24) is 5.32 Å². The first kappa shape index (κ1) is 22.7. The van der Waals surface area contributed by atoms with Gasteiger partial charge in [-0.15, -0.1) is 0 Å². The van der Waals surface area contributed by atoms with E-state index in [1.165, 1.54) is 42.7 Å². The summed E-state index contributed by atoms with van der Waals surface area (Å²) in [7, 11) is -4.00. The summed E-state index contributed by atoms with van der Waals surface area (Å²) in [5, 5.41) is 3.36. The van der Waals surface area contributed by atoms with Gasteiger partial charge in [0.05, 0.1) is 15.6 Å². The molecule has 0 atom stereocenters. The lowest BCUT2D eigenvalue weighted by Gasteiger charge is -2.25. The van der Waals surface area contributed by atoms with E-state index in [0.29, 0.717) is 11.6 Å². The van der Waals surface area contributed by atoms with Gasteiger partial charge in [-0.25, -0.2) is 8.42 Å². The maximum Gasteiger partial charge on any atom is 0.264 e. The van der Waals surface area contributed by atoms with Crippen LogP contribution in [0.4, 0.5) is 5.69 Å². The third-order valence-corrected chi connectivity index (χ3v) is 7.26. The van der Waals surface area contributed by atoms with E-state index in [9.17, 15) is 13.2 Å². The second-order valence-corrected chi connectivity index (χ2v) is 9.83. The van der Waals surface area contributed by atoms with Crippen LogP contribution < -0.4 is 9.62 Å². The Kier molecular flexibility index (Phi) is 7.81. The number of carbonyl (C=O) groups is 1. The van der Waals surface area contributed by atoms with Gasteiger partial charge < -0.3 is 5.32 Å². The maximum atomic E-state index is 13.3. The highest BCUT2D eigenvalue weighted by Gasteiger charge is 2.28. The molecule has 5 nitrogen and oxygen atoms in total. The molecule has 0 heterocycles. The number of carbonyl (C=O) groups excluding carboxylic acids is 1. The van der Waals surface area contributed by atoms with Crippen LogP contribution in [0.3, 0.4) is 0 Å². The van der Waals surface area contributed by atoms with Gasteiger partial charge in [0, 0.05) is 11.6 Å². The van der Waals surface area contributed by atoms with Gasteiger partial charge in [-0.3, -0.25) is 9.10 Å². The molecular formula is C22H24Cl2N2O3S. The first-order chi connectivity index (χ1) is 14.4. The fourth-order valence-corrected chi connectivity index (χ4v) is 5.40. The van der Waals surface area contributed by atoms with Gasteiger partial charge in [-0.1, -0.05) is 53.1 Å². The molecule has 0 aliphatic heterocycles. The van der Waals surface area contributed by atoms with E-state index >= 15 is 0 Å². The van der Waals surface area contributed by atoms with Gasteiger partial charge >= 0.3 is 0 Å². The Hall–Kier alpha value is -2.02. The van der Waals surface area contributed by atoms with Crippen molar-refractivity contribution in [2.24, 2.45) is 0 Å². The Balaban J connectivity index is 1.79. The third-order valence-electron chi connectivity index (χ3n) is 4.95. The normalized spacial score (nSPS) is 14.1. The van der Waals surface area contributed by atoms with E-state index in [4.69, 9.17) is 23.2 Å². The largest absolute Gasteiger partial charge is 0.354 e. The van der Waals surface area contributed by atoms with Gasteiger partial charge in [0.1, 0.15) is 6.54 Å². The standard InChI is InChI=1S/C22H24Cl2N2O3S/c23-18-11-12-21(20(24)15-18)26(30(28,29)19-9-5-2-6-10-19)16-22(27)25-14-13-17-7-3-1-4-8-17/h2,5-7,9-12,15H,1,3-4,8,13-14,16H2,(H,25,27). The van der Waals surface area contributed by atoms with E-state index in [0.717, 1.165) is 23.6 Å². The van der Waals surface area contributed by atoms with Crippen molar-refractivity contribution in [3.63, 3.8) is 0 Å². The monoisotopic (exact) mass is 466 g/mol. The first-order valence-electron chi connectivity index (χ1n) is 9.85. The van der Waals surface area contributed by atoms with Crippen LogP contribution in [0.2, 0.25) is 10.0 Å². The molecule has 0 saturated carbocycles. The van der Waals surface area contributed by atoms with Crippen LogP contribution in [-0.2, 0) is 14.8 Å². The summed E-state index contributed by atoms with van der Waals surface area (Å²) in [6.45, 7) is 0.0931. The van der Waals surface area contributed by atoms with Gasteiger partial charge in [-0.2, -0.15) is 0 Å². The number of halogens is 2. The number of anilines is 1. The Labute approximate surface area is 187 Å². The second-order valence-electron chi connectivity index (χ2n) is 7.13. The van der Waals surface area contributed by atoms with Crippen LogP contribution in [0.5, 0.6) is 0 Å². The molecule has 2 aromatic carbocycles. The van der Waals surface area contributed by atoms with Crippen LogP contribution in [0.15, 0.2) is 65.1 Å². The Morgan fingerprint density at radius 2 is 1.83 bits per heavy atom. The Bertz CT molecular complexity index is 1020. The summed E-state index contributed by atoms with van der Waals surface area (Å²) in [4.78, 5) is 12.7.